The molecule has 1 rings (SSSR count). The van der Waals surface area contributed by atoms with Crippen LogP contribution in [0, 0.1) is 5.92 Å². The number of hydrogen-bond acceptors (Lipinski definition) is 4. The van der Waals surface area contributed by atoms with Gasteiger partial charge in [-0.15, -0.1) is 0 Å². The highest BCUT2D eigenvalue weighted by atomic mass is 19.4. The highest BCUT2D eigenvalue weighted by molar-refractivity contribution is 5.25. The van der Waals surface area contributed by atoms with Gasteiger partial charge in [-0.1, -0.05) is 6.92 Å². The van der Waals surface area contributed by atoms with Crippen LogP contribution in [0.2, 0.25) is 0 Å². The van der Waals surface area contributed by atoms with Crippen molar-refractivity contribution < 1.29 is 13.2 Å². The lowest BCUT2D eigenvalue weighted by Crippen LogP contribution is -2.23. The van der Waals surface area contributed by atoms with Crippen LogP contribution in [0.1, 0.15) is 12.6 Å². The van der Waals surface area contributed by atoms with Crippen LogP contribution in [-0.4, -0.2) is 30.1 Å². The van der Waals surface area contributed by atoms with Crippen molar-refractivity contribution in [3.05, 3.63) is 18.0 Å². The molecule has 7 heteroatoms. The molecular weight excluding hydrogens is 233 g/mol. The topological polar surface area (TPSA) is 49.8 Å². The van der Waals surface area contributed by atoms with Gasteiger partial charge < -0.3 is 10.6 Å². The molecule has 0 radical (unpaired) electrons. The number of halogens is 3. The number of rotatable bonds is 5. The zero-order chi connectivity index (χ0) is 12.9. The van der Waals surface area contributed by atoms with Crippen molar-refractivity contribution in [1.29, 1.82) is 0 Å². The van der Waals surface area contributed by atoms with Crippen molar-refractivity contribution in [2.45, 2.75) is 13.1 Å². The maximum Gasteiger partial charge on any atom is 0.433 e. The number of nitrogens with one attached hydrogen (secondary N) is 2. The van der Waals surface area contributed by atoms with Gasteiger partial charge in [-0.3, -0.25) is 0 Å². The second-order valence-electron chi connectivity index (χ2n) is 3.81. The lowest BCUT2D eigenvalue weighted by Gasteiger charge is -2.12. The number of hydrogen-bond donors (Lipinski definition) is 2. The number of alkyl halides is 3. The summed E-state index contributed by atoms with van der Waals surface area (Å²) in [5, 5.41) is 5.76. The maximum absolute atomic E-state index is 12.4. The molecule has 2 N–H and O–H groups in total. The number of aromatic nitrogens is 2. The van der Waals surface area contributed by atoms with E-state index in [2.05, 4.69) is 20.6 Å². The first-order valence-electron chi connectivity index (χ1n) is 5.22. The van der Waals surface area contributed by atoms with E-state index in [0.29, 0.717) is 6.54 Å². The molecule has 0 aromatic carbocycles. The van der Waals surface area contributed by atoms with Gasteiger partial charge in [0.25, 0.3) is 0 Å². The van der Waals surface area contributed by atoms with Crippen LogP contribution in [0.3, 0.4) is 0 Å². The monoisotopic (exact) mass is 248 g/mol. The lowest BCUT2D eigenvalue weighted by atomic mass is 10.2. The van der Waals surface area contributed by atoms with Gasteiger partial charge in [-0.25, -0.2) is 9.97 Å². The van der Waals surface area contributed by atoms with E-state index < -0.39 is 11.9 Å². The molecule has 0 fully saturated rings. The van der Waals surface area contributed by atoms with Crippen LogP contribution in [0.5, 0.6) is 0 Å². The summed E-state index contributed by atoms with van der Waals surface area (Å²) in [6, 6.07) is 0.849. The van der Waals surface area contributed by atoms with Crippen LogP contribution in [0.25, 0.3) is 0 Å². The van der Waals surface area contributed by atoms with Gasteiger partial charge in [0, 0.05) is 12.7 Å². The molecule has 1 unspecified atom stereocenters. The van der Waals surface area contributed by atoms with Crippen molar-refractivity contribution >= 4 is 5.95 Å². The Morgan fingerprint density at radius 2 is 2.06 bits per heavy atom. The summed E-state index contributed by atoms with van der Waals surface area (Å²) in [5.41, 5.74) is -0.934. The fraction of sp³-hybridized carbons (Fsp3) is 0.600. The van der Waals surface area contributed by atoms with Crippen molar-refractivity contribution in [2.24, 2.45) is 5.92 Å². The van der Waals surface area contributed by atoms with Crippen LogP contribution in [0.15, 0.2) is 12.3 Å². The van der Waals surface area contributed by atoms with Crippen LogP contribution >= 0.6 is 0 Å². The quantitative estimate of drug-likeness (QED) is 0.833. The van der Waals surface area contributed by atoms with Gasteiger partial charge in [0.05, 0.1) is 0 Å². The van der Waals surface area contributed by atoms with Crippen LogP contribution in [-0.2, 0) is 6.18 Å². The van der Waals surface area contributed by atoms with E-state index in [1.54, 1.807) is 0 Å². The number of anilines is 1. The molecule has 1 heterocycles. The highest BCUT2D eigenvalue weighted by Crippen LogP contribution is 2.27. The zero-order valence-corrected chi connectivity index (χ0v) is 9.67. The largest absolute Gasteiger partial charge is 0.433 e. The smallest absolute Gasteiger partial charge is 0.354 e. The van der Waals surface area contributed by atoms with E-state index in [1.807, 2.05) is 14.0 Å². The molecule has 0 aliphatic carbocycles. The summed E-state index contributed by atoms with van der Waals surface area (Å²) >= 11 is 0. The average molecular weight is 248 g/mol. The summed E-state index contributed by atoms with van der Waals surface area (Å²) in [6.07, 6.45) is -3.34. The average Bonchev–Trinajstić information content (AvgIpc) is 2.26. The molecule has 0 saturated heterocycles. The maximum atomic E-state index is 12.4. The standard InChI is InChI=1S/C10H15F3N4/c1-7(5-14-2)6-16-9-15-4-3-8(17-9)10(11,12)13/h3-4,7,14H,5-6H2,1-2H3,(H,15,16,17). The molecule has 0 spiro atoms. The first-order valence-corrected chi connectivity index (χ1v) is 5.22. The Kier molecular flexibility index (Phi) is 4.68. The minimum atomic E-state index is -4.43. The molecule has 0 bridgehead atoms. The Morgan fingerprint density at radius 1 is 1.35 bits per heavy atom. The zero-order valence-electron chi connectivity index (χ0n) is 9.67. The van der Waals surface area contributed by atoms with Gasteiger partial charge >= 0.3 is 6.18 Å². The normalized spacial score (nSPS) is 13.5. The Labute approximate surface area is 97.7 Å². The van der Waals surface area contributed by atoms with E-state index in [-0.39, 0.29) is 11.9 Å². The number of nitrogens with zero attached hydrogens (tertiary/aromatic N) is 2. The summed E-state index contributed by atoms with van der Waals surface area (Å²) in [7, 11) is 1.82. The minimum Gasteiger partial charge on any atom is -0.354 e. The van der Waals surface area contributed by atoms with Crippen LogP contribution in [0.4, 0.5) is 19.1 Å². The van der Waals surface area contributed by atoms with Gasteiger partial charge in [0.2, 0.25) is 5.95 Å². The predicted octanol–water partition coefficient (Wildman–Crippen LogP) is 1.76. The highest BCUT2D eigenvalue weighted by Gasteiger charge is 2.32. The van der Waals surface area contributed by atoms with Gasteiger partial charge in [0.15, 0.2) is 0 Å². The first-order chi connectivity index (χ1) is 7.93. The van der Waals surface area contributed by atoms with Crippen molar-refractivity contribution in [3.8, 4) is 0 Å². The molecule has 0 amide bonds. The summed E-state index contributed by atoms with van der Waals surface area (Å²) < 4.78 is 37.1. The lowest BCUT2D eigenvalue weighted by molar-refractivity contribution is -0.141. The van der Waals surface area contributed by atoms with Gasteiger partial charge in [-0.05, 0) is 25.6 Å². The Bertz CT molecular complexity index is 354. The molecule has 0 aliphatic rings. The fourth-order valence-electron chi connectivity index (χ4n) is 1.29. The van der Waals surface area contributed by atoms with Crippen molar-refractivity contribution in [3.63, 3.8) is 0 Å². The second kappa shape index (κ2) is 5.81. The molecule has 1 aromatic rings. The third kappa shape index (κ3) is 4.56. The molecule has 4 nitrogen and oxygen atoms in total. The summed E-state index contributed by atoms with van der Waals surface area (Å²) in [4.78, 5) is 7.15. The minimum absolute atomic E-state index is 0.00257. The third-order valence-corrected chi connectivity index (χ3v) is 2.11. The summed E-state index contributed by atoms with van der Waals surface area (Å²) in [6.45, 7) is 3.26. The molecule has 1 aromatic heterocycles. The summed E-state index contributed by atoms with van der Waals surface area (Å²) in [5.74, 6) is 0.279. The molecule has 96 valence electrons. The Balaban J connectivity index is 2.60. The van der Waals surface area contributed by atoms with Gasteiger partial charge in [-0.2, -0.15) is 13.2 Å². The SMILES string of the molecule is CNCC(C)CNc1nccc(C(F)(F)F)n1. The second-order valence-corrected chi connectivity index (χ2v) is 3.81. The molecule has 0 aliphatic heterocycles. The van der Waals surface area contributed by atoms with E-state index >= 15 is 0 Å². The third-order valence-electron chi connectivity index (χ3n) is 2.11. The Hall–Kier alpha value is -1.37. The van der Waals surface area contributed by atoms with E-state index in [0.717, 1.165) is 18.8 Å². The van der Waals surface area contributed by atoms with Crippen LogP contribution < -0.4 is 10.6 Å². The molecule has 0 saturated carbocycles. The molecule has 1 atom stereocenters. The van der Waals surface area contributed by atoms with E-state index in [9.17, 15) is 13.2 Å². The predicted molar refractivity (Wildman–Crippen MR) is 58.6 cm³/mol. The van der Waals surface area contributed by atoms with Crippen molar-refractivity contribution in [2.75, 3.05) is 25.5 Å². The fourth-order valence-corrected chi connectivity index (χ4v) is 1.29. The first kappa shape index (κ1) is 13.7. The Morgan fingerprint density at radius 3 is 2.65 bits per heavy atom. The van der Waals surface area contributed by atoms with E-state index in [4.69, 9.17) is 0 Å². The molecular formula is C10H15F3N4. The van der Waals surface area contributed by atoms with E-state index in [1.165, 1.54) is 0 Å². The van der Waals surface area contributed by atoms with Crippen molar-refractivity contribution in [1.82, 2.24) is 15.3 Å². The van der Waals surface area contributed by atoms with Gasteiger partial charge in [0.1, 0.15) is 5.69 Å². The molecule has 17 heavy (non-hydrogen) atoms.